The molecule has 0 bridgehead atoms. The molecule has 33 heavy (non-hydrogen) atoms. The molecule has 0 amide bonds. The fraction of sp³-hybridized carbons (Fsp3) is 0.136. The first-order valence-corrected chi connectivity index (χ1v) is 10.1. The zero-order chi connectivity index (χ0) is 23.5. The Morgan fingerprint density at radius 1 is 0.970 bits per heavy atom. The van der Waals surface area contributed by atoms with Crippen LogP contribution in [-0.2, 0) is 0 Å². The maximum absolute atomic E-state index is 12.0. The van der Waals surface area contributed by atoms with Gasteiger partial charge in [0.1, 0.15) is 17.8 Å². The summed E-state index contributed by atoms with van der Waals surface area (Å²) in [5.41, 5.74) is 2.28. The summed E-state index contributed by atoms with van der Waals surface area (Å²) < 4.78 is 10.6. The highest BCUT2D eigenvalue weighted by molar-refractivity contribution is 6.32. The number of hydrogen-bond donors (Lipinski definition) is 2. The minimum Gasteiger partial charge on any atom is -0.495 e. The van der Waals surface area contributed by atoms with E-state index in [9.17, 15) is 10.1 Å². The number of halogens is 1. The molecule has 0 radical (unpaired) electrons. The van der Waals surface area contributed by atoms with Crippen LogP contribution in [0.1, 0.15) is 5.69 Å². The zero-order valence-corrected chi connectivity index (χ0v) is 18.7. The number of aryl methyl sites for hydroxylation is 1. The monoisotopic (exact) mass is 466 g/mol. The highest BCUT2D eigenvalue weighted by Crippen LogP contribution is 2.40. The largest absolute Gasteiger partial charge is 0.495 e. The molecule has 0 aliphatic rings. The summed E-state index contributed by atoms with van der Waals surface area (Å²) >= 11 is 6.23. The summed E-state index contributed by atoms with van der Waals surface area (Å²) in [5.74, 6) is 0.753. The van der Waals surface area contributed by atoms with E-state index in [2.05, 4.69) is 25.6 Å². The van der Waals surface area contributed by atoms with E-state index >= 15 is 0 Å². The Bertz CT molecular complexity index is 1360. The second-order valence-electron chi connectivity index (χ2n) is 6.94. The Kier molecular flexibility index (Phi) is 6.09. The average molecular weight is 467 g/mol. The molecule has 0 fully saturated rings. The maximum Gasteiger partial charge on any atom is 0.353 e. The highest BCUT2D eigenvalue weighted by atomic mass is 35.5. The van der Waals surface area contributed by atoms with E-state index in [4.69, 9.17) is 21.1 Å². The summed E-state index contributed by atoms with van der Waals surface area (Å²) in [4.78, 5) is 24.1. The minimum absolute atomic E-state index is 0.0177. The van der Waals surface area contributed by atoms with E-state index in [1.54, 1.807) is 12.1 Å². The first-order chi connectivity index (χ1) is 15.9. The van der Waals surface area contributed by atoms with Gasteiger partial charge in [0.05, 0.1) is 35.4 Å². The van der Waals surface area contributed by atoms with E-state index in [-0.39, 0.29) is 17.3 Å². The van der Waals surface area contributed by atoms with Gasteiger partial charge < -0.3 is 20.1 Å². The molecule has 4 aromatic rings. The van der Waals surface area contributed by atoms with Crippen molar-refractivity contribution < 1.29 is 14.4 Å². The Morgan fingerprint density at radius 3 is 2.33 bits per heavy atom. The number of fused-ring (bicyclic) bond motifs is 1. The summed E-state index contributed by atoms with van der Waals surface area (Å²) in [6, 6.07) is 12.4. The lowest BCUT2D eigenvalue weighted by molar-refractivity contribution is -0.383. The van der Waals surface area contributed by atoms with E-state index in [0.717, 1.165) is 16.6 Å². The van der Waals surface area contributed by atoms with Crippen molar-refractivity contribution in [3.63, 3.8) is 0 Å². The number of aromatic nitrogens is 3. The predicted molar refractivity (Wildman–Crippen MR) is 126 cm³/mol. The highest BCUT2D eigenvalue weighted by Gasteiger charge is 2.25. The Hall–Kier alpha value is -4.18. The lowest BCUT2D eigenvalue weighted by Gasteiger charge is -2.14. The van der Waals surface area contributed by atoms with Crippen LogP contribution in [0.5, 0.6) is 11.5 Å². The molecule has 0 saturated heterocycles. The fourth-order valence-electron chi connectivity index (χ4n) is 3.31. The molecule has 2 aromatic carbocycles. The van der Waals surface area contributed by atoms with E-state index < -0.39 is 4.92 Å². The van der Waals surface area contributed by atoms with Gasteiger partial charge in [0.25, 0.3) is 0 Å². The Morgan fingerprint density at radius 2 is 1.67 bits per heavy atom. The molecule has 10 nitrogen and oxygen atoms in total. The third kappa shape index (κ3) is 4.41. The van der Waals surface area contributed by atoms with Crippen LogP contribution >= 0.6 is 11.6 Å². The summed E-state index contributed by atoms with van der Waals surface area (Å²) in [5, 5.41) is 19.1. The van der Waals surface area contributed by atoms with Crippen molar-refractivity contribution in [2.75, 3.05) is 24.9 Å². The Balaban J connectivity index is 1.77. The van der Waals surface area contributed by atoms with Gasteiger partial charge in [-0.1, -0.05) is 17.7 Å². The summed E-state index contributed by atoms with van der Waals surface area (Å²) in [6.45, 7) is 1.90. The zero-order valence-electron chi connectivity index (χ0n) is 17.9. The van der Waals surface area contributed by atoms with Crippen LogP contribution < -0.4 is 20.1 Å². The van der Waals surface area contributed by atoms with E-state index in [1.165, 1.54) is 26.6 Å². The third-order valence-corrected chi connectivity index (χ3v) is 5.15. The number of nitrogens with one attached hydrogen (secondary N) is 2. The Labute approximate surface area is 193 Å². The van der Waals surface area contributed by atoms with Gasteiger partial charge in [-0.25, -0.2) is 9.97 Å². The van der Waals surface area contributed by atoms with Crippen molar-refractivity contribution in [2.45, 2.75) is 6.92 Å². The number of benzene rings is 2. The smallest absolute Gasteiger partial charge is 0.353 e. The third-order valence-electron chi connectivity index (χ3n) is 4.86. The van der Waals surface area contributed by atoms with Crippen molar-refractivity contribution in [1.29, 1.82) is 0 Å². The molecule has 4 rings (SSSR count). The molecule has 0 saturated carbocycles. The molecule has 0 spiro atoms. The van der Waals surface area contributed by atoms with Gasteiger partial charge >= 0.3 is 5.69 Å². The second-order valence-corrected chi connectivity index (χ2v) is 7.35. The van der Waals surface area contributed by atoms with E-state index in [0.29, 0.717) is 27.9 Å². The van der Waals surface area contributed by atoms with Gasteiger partial charge in [-0.05, 0) is 37.3 Å². The maximum atomic E-state index is 12.0. The second kappa shape index (κ2) is 9.13. The average Bonchev–Trinajstić information content (AvgIpc) is 2.79. The van der Waals surface area contributed by atoms with Crippen molar-refractivity contribution in [3.8, 4) is 11.5 Å². The number of anilines is 4. The lowest BCUT2D eigenvalue weighted by Crippen LogP contribution is -2.06. The quantitative estimate of drug-likeness (QED) is 0.272. The van der Waals surface area contributed by atoms with Crippen LogP contribution in [0, 0.1) is 17.0 Å². The van der Waals surface area contributed by atoms with Gasteiger partial charge in [-0.3, -0.25) is 15.1 Å². The number of rotatable bonds is 7. The molecular formula is C22H19ClN6O4. The normalized spacial score (nSPS) is 10.7. The van der Waals surface area contributed by atoms with Crippen LogP contribution in [-0.4, -0.2) is 34.1 Å². The molecule has 2 N–H and O–H groups in total. The number of methoxy groups -OCH3 is 2. The summed E-state index contributed by atoms with van der Waals surface area (Å²) in [7, 11) is 2.94. The van der Waals surface area contributed by atoms with Crippen LogP contribution in [0.15, 0.2) is 48.8 Å². The molecule has 11 heteroatoms. The van der Waals surface area contributed by atoms with Crippen LogP contribution in [0.2, 0.25) is 5.02 Å². The van der Waals surface area contributed by atoms with Crippen molar-refractivity contribution in [1.82, 2.24) is 15.0 Å². The predicted octanol–water partition coefficient (Wildman–Crippen LogP) is 5.40. The van der Waals surface area contributed by atoms with Gasteiger partial charge in [-0.15, -0.1) is 0 Å². The SMILES string of the molecule is COc1cc(OC)c(Nc2ncnc(Nc3cccc4nc(C)ccc34)c2[N+](=O)[O-])cc1Cl. The minimum atomic E-state index is -0.560. The molecular weight excluding hydrogens is 448 g/mol. The van der Waals surface area contributed by atoms with Crippen molar-refractivity contribution in [3.05, 3.63) is 69.6 Å². The molecule has 2 aromatic heterocycles. The molecule has 168 valence electrons. The van der Waals surface area contributed by atoms with Crippen LogP contribution in [0.25, 0.3) is 10.9 Å². The van der Waals surface area contributed by atoms with E-state index in [1.807, 2.05) is 31.2 Å². The van der Waals surface area contributed by atoms with Crippen molar-refractivity contribution in [2.24, 2.45) is 0 Å². The number of nitro groups is 1. The number of nitrogens with zero attached hydrogens (tertiary/aromatic N) is 4. The standard InChI is InChI=1S/C22H19ClN6O4/c1-12-7-8-13-15(26-12)5-4-6-16(13)27-21-20(29(30)31)22(25-11-24-21)28-17-9-14(23)18(32-2)10-19(17)33-3/h4-11H,1-3H3,(H2,24,25,27,28). The van der Waals surface area contributed by atoms with Gasteiger partial charge in [-0.2, -0.15) is 0 Å². The first kappa shape index (κ1) is 22.0. The van der Waals surface area contributed by atoms with Gasteiger partial charge in [0, 0.05) is 22.8 Å². The lowest BCUT2D eigenvalue weighted by atomic mass is 10.1. The van der Waals surface area contributed by atoms with Gasteiger partial charge in [0.15, 0.2) is 0 Å². The number of ether oxygens (including phenoxy) is 2. The molecule has 0 unspecified atom stereocenters. The number of pyridine rings is 1. The van der Waals surface area contributed by atoms with Crippen LogP contribution in [0.4, 0.5) is 28.7 Å². The summed E-state index contributed by atoms with van der Waals surface area (Å²) in [6.07, 6.45) is 1.23. The van der Waals surface area contributed by atoms with Gasteiger partial charge in [0.2, 0.25) is 11.6 Å². The van der Waals surface area contributed by atoms with Crippen molar-refractivity contribution >= 4 is 51.2 Å². The fourth-order valence-corrected chi connectivity index (χ4v) is 3.55. The molecule has 0 atom stereocenters. The molecule has 0 aliphatic carbocycles. The number of hydrogen-bond acceptors (Lipinski definition) is 9. The first-order valence-electron chi connectivity index (χ1n) is 9.72. The van der Waals surface area contributed by atoms with Crippen LogP contribution in [0.3, 0.4) is 0 Å². The topological polar surface area (TPSA) is 124 Å². The molecule has 2 heterocycles. The molecule has 0 aliphatic heterocycles.